The van der Waals surface area contributed by atoms with Gasteiger partial charge in [0.1, 0.15) is 18.6 Å². The molecule has 0 saturated carbocycles. The molecule has 0 aliphatic carbocycles. The van der Waals surface area contributed by atoms with Crippen LogP contribution >= 0.6 is 0 Å². The zero-order chi connectivity index (χ0) is 20.0. The Morgan fingerprint density at radius 2 is 1.46 bits per heavy atom. The number of amides is 2. The molecule has 144 valence electrons. The monoisotopic (exact) mass is 371 g/mol. The molecule has 0 aromatic rings. The van der Waals surface area contributed by atoms with Crippen LogP contribution in [0.4, 0.5) is 0 Å². The normalized spacial score (nSPS) is 21.6. The van der Waals surface area contributed by atoms with E-state index in [1.807, 2.05) is 0 Å². The highest BCUT2D eigenvalue weighted by atomic mass is 16.6. The standard InChI is InChI=1S/C16H21NO9/c1-8(18)17(9(2)19)13-6-24-14(7-23-10(3)20)16(26-12(5)22)15(13)25-11(4)21/h6,14-16H,7H2,1-5H3/t14-,15+,16+/m1/s1. The number of carbonyl (C=O) groups excluding carboxylic acids is 5. The van der Waals surface area contributed by atoms with Crippen LogP contribution in [0, 0.1) is 0 Å². The van der Waals surface area contributed by atoms with Crippen molar-refractivity contribution in [3.63, 3.8) is 0 Å². The van der Waals surface area contributed by atoms with Gasteiger partial charge in [-0.25, -0.2) is 4.90 Å². The Morgan fingerprint density at radius 3 is 1.88 bits per heavy atom. The summed E-state index contributed by atoms with van der Waals surface area (Å²) < 4.78 is 20.6. The van der Waals surface area contributed by atoms with Crippen molar-refractivity contribution in [2.24, 2.45) is 0 Å². The van der Waals surface area contributed by atoms with Crippen molar-refractivity contribution in [1.29, 1.82) is 0 Å². The quantitative estimate of drug-likeness (QED) is 0.486. The number of carbonyl (C=O) groups is 5. The Balaban J connectivity index is 3.33. The van der Waals surface area contributed by atoms with Gasteiger partial charge in [-0.05, 0) is 0 Å². The molecule has 26 heavy (non-hydrogen) atoms. The molecule has 0 saturated heterocycles. The maximum atomic E-state index is 11.8. The van der Waals surface area contributed by atoms with Gasteiger partial charge in [0, 0.05) is 34.6 Å². The summed E-state index contributed by atoms with van der Waals surface area (Å²) in [5, 5.41) is 0. The van der Waals surface area contributed by atoms with Crippen molar-refractivity contribution < 1.29 is 42.9 Å². The van der Waals surface area contributed by atoms with E-state index in [0.717, 1.165) is 38.9 Å². The van der Waals surface area contributed by atoms with Gasteiger partial charge in [-0.15, -0.1) is 0 Å². The molecule has 1 aliphatic rings. The molecule has 1 aliphatic heterocycles. The number of ether oxygens (including phenoxy) is 4. The van der Waals surface area contributed by atoms with E-state index < -0.39 is 48.0 Å². The van der Waals surface area contributed by atoms with Crippen molar-refractivity contribution in [3.05, 3.63) is 12.0 Å². The van der Waals surface area contributed by atoms with Crippen LogP contribution in [-0.2, 0) is 42.9 Å². The molecule has 10 heteroatoms. The fourth-order valence-electron chi connectivity index (χ4n) is 2.40. The molecule has 0 N–H and O–H groups in total. The SMILES string of the molecule is CC(=O)OC[C@H]1OC=C(N(C(C)=O)C(C)=O)[C@H](OC(C)=O)[C@H]1OC(C)=O. The number of imide groups is 1. The van der Waals surface area contributed by atoms with E-state index in [1.165, 1.54) is 6.92 Å². The van der Waals surface area contributed by atoms with Crippen LogP contribution in [-0.4, -0.2) is 59.5 Å². The number of rotatable bonds is 5. The number of nitrogens with zero attached hydrogens (tertiary/aromatic N) is 1. The van der Waals surface area contributed by atoms with Crippen LogP contribution in [0.2, 0.25) is 0 Å². The van der Waals surface area contributed by atoms with Gasteiger partial charge in [0.15, 0.2) is 18.3 Å². The van der Waals surface area contributed by atoms with Crippen molar-refractivity contribution in [2.45, 2.75) is 52.9 Å². The Hall–Kier alpha value is -2.91. The minimum absolute atomic E-state index is 0.106. The topological polar surface area (TPSA) is 126 Å². The highest BCUT2D eigenvalue weighted by Crippen LogP contribution is 2.28. The van der Waals surface area contributed by atoms with Crippen LogP contribution in [0.25, 0.3) is 0 Å². The first-order valence-electron chi connectivity index (χ1n) is 7.69. The van der Waals surface area contributed by atoms with Crippen LogP contribution in [0.15, 0.2) is 12.0 Å². The summed E-state index contributed by atoms with van der Waals surface area (Å²) in [6, 6.07) is 0. The Kier molecular flexibility index (Phi) is 7.29. The highest BCUT2D eigenvalue weighted by Gasteiger charge is 2.45. The minimum atomic E-state index is -1.31. The average molecular weight is 371 g/mol. The molecule has 0 radical (unpaired) electrons. The predicted octanol–water partition coefficient (Wildman–Crippen LogP) is 0.0481. The van der Waals surface area contributed by atoms with E-state index in [1.54, 1.807) is 0 Å². The van der Waals surface area contributed by atoms with Gasteiger partial charge in [-0.2, -0.15) is 0 Å². The molecular weight excluding hydrogens is 350 g/mol. The van der Waals surface area contributed by atoms with Crippen LogP contribution in [0.5, 0.6) is 0 Å². The Morgan fingerprint density at radius 1 is 0.923 bits per heavy atom. The van der Waals surface area contributed by atoms with E-state index in [-0.39, 0.29) is 12.3 Å². The third-order valence-electron chi connectivity index (χ3n) is 3.25. The molecule has 0 aromatic carbocycles. The second-order valence-corrected chi connectivity index (χ2v) is 5.50. The first-order valence-corrected chi connectivity index (χ1v) is 7.69. The van der Waals surface area contributed by atoms with Gasteiger partial charge < -0.3 is 18.9 Å². The van der Waals surface area contributed by atoms with Crippen molar-refractivity contribution in [2.75, 3.05) is 6.61 Å². The Bertz CT molecular complexity index is 626. The lowest BCUT2D eigenvalue weighted by Gasteiger charge is -2.38. The molecule has 0 aromatic heterocycles. The fraction of sp³-hybridized carbons (Fsp3) is 0.562. The predicted molar refractivity (Wildman–Crippen MR) is 83.9 cm³/mol. The molecule has 1 rings (SSSR count). The number of hydrogen-bond donors (Lipinski definition) is 0. The lowest BCUT2D eigenvalue weighted by Crippen LogP contribution is -2.53. The summed E-state index contributed by atoms with van der Waals surface area (Å²) in [6.45, 7) is 5.40. The first-order chi connectivity index (χ1) is 12.0. The summed E-state index contributed by atoms with van der Waals surface area (Å²) in [6.07, 6.45) is -2.50. The average Bonchev–Trinajstić information content (AvgIpc) is 2.47. The van der Waals surface area contributed by atoms with E-state index in [0.29, 0.717) is 0 Å². The molecule has 1 heterocycles. The summed E-state index contributed by atoms with van der Waals surface area (Å²) in [4.78, 5) is 58.4. The highest BCUT2D eigenvalue weighted by molar-refractivity contribution is 5.95. The van der Waals surface area contributed by atoms with E-state index in [4.69, 9.17) is 18.9 Å². The number of hydrogen-bond acceptors (Lipinski definition) is 9. The number of esters is 3. The van der Waals surface area contributed by atoms with Gasteiger partial charge in [-0.3, -0.25) is 24.0 Å². The van der Waals surface area contributed by atoms with Gasteiger partial charge in [0.05, 0.1) is 0 Å². The van der Waals surface area contributed by atoms with Gasteiger partial charge in [0.25, 0.3) is 0 Å². The molecule has 0 fully saturated rings. The van der Waals surface area contributed by atoms with Crippen LogP contribution < -0.4 is 0 Å². The third kappa shape index (κ3) is 5.57. The van der Waals surface area contributed by atoms with E-state index in [9.17, 15) is 24.0 Å². The maximum Gasteiger partial charge on any atom is 0.303 e. The van der Waals surface area contributed by atoms with Crippen molar-refractivity contribution in [3.8, 4) is 0 Å². The zero-order valence-corrected chi connectivity index (χ0v) is 15.1. The Labute approximate surface area is 150 Å². The smallest absolute Gasteiger partial charge is 0.303 e. The van der Waals surface area contributed by atoms with Gasteiger partial charge in [0.2, 0.25) is 11.8 Å². The summed E-state index contributed by atoms with van der Waals surface area (Å²) >= 11 is 0. The molecule has 0 spiro atoms. The summed E-state index contributed by atoms with van der Waals surface area (Å²) in [7, 11) is 0. The molecule has 0 unspecified atom stereocenters. The zero-order valence-electron chi connectivity index (χ0n) is 15.1. The minimum Gasteiger partial charge on any atom is -0.488 e. The van der Waals surface area contributed by atoms with Crippen LogP contribution in [0.1, 0.15) is 34.6 Å². The van der Waals surface area contributed by atoms with Gasteiger partial charge in [-0.1, -0.05) is 0 Å². The summed E-state index contributed by atoms with van der Waals surface area (Å²) in [5.74, 6) is -3.35. The second kappa shape index (κ2) is 8.97. The fourth-order valence-corrected chi connectivity index (χ4v) is 2.40. The second-order valence-electron chi connectivity index (χ2n) is 5.50. The lowest BCUT2D eigenvalue weighted by atomic mass is 10.0. The molecule has 10 nitrogen and oxygen atoms in total. The van der Waals surface area contributed by atoms with Crippen molar-refractivity contribution >= 4 is 29.7 Å². The first kappa shape index (κ1) is 21.1. The van der Waals surface area contributed by atoms with E-state index >= 15 is 0 Å². The molecule has 3 atom stereocenters. The van der Waals surface area contributed by atoms with Crippen LogP contribution in [0.3, 0.4) is 0 Å². The maximum absolute atomic E-state index is 11.8. The molecular formula is C16H21NO9. The van der Waals surface area contributed by atoms with Gasteiger partial charge >= 0.3 is 17.9 Å². The summed E-state index contributed by atoms with van der Waals surface area (Å²) in [5.41, 5.74) is -0.106. The molecule has 0 bridgehead atoms. The lowest BCUT2D eigenvalue weighted by molar-refractivity contribution is -0.183. The van der Waals surface area contributed by atoms with E-state index in [2.05, 4.69) is 0 Å². The third-order valence-corrected chi connectivity index (χ3v) is 3.25. The van der Waals surface area contributed by atoms with Crippen molar-refractivity contribution in [1.82, 2.24) is 4.90 Å². The largest absolute Gasteiger partial charge is 0.488 e. The molecule has 2 amide bonds.